The fourth-order valence-corrected chi connectivity index (χ4v) is 1.31. The fraction of sp³-hybridized carbons (Fsp3) is 0. The number of hydrogen-bond acceptors (Lipinski definition) is 4. The van der Waals surface area contributed by atoms with Gasteiger partial charge < -0.3 is 10.5 Å². The number of nitrogens with two attached hydrogens (primary N) is 1. The molecule has 1 aromatic carbocycles. The van der Waals surface area contributed by atoms with E-state index >= 15 is 0 Å². The molecule has 0 amide bonds. The van der Waals surface area contributed by atoms with Crippen LogP contribution < -0.4 is 10.5 Å². The molecule has 16 heavy (non-hydrogen) atoms. The first-order valence-electron chi connectivity index (χ1n) is 4.35. The number of aromatic nitrogens is 2. The van der Waals surface area contributed by atoms with E-state index in [9.17, 15) is 0 Å². The van der Waals surface area contributed by atoms with Crippen LogP contribution >= 0.6 is 23.2 Å². The molecule has 2 aromatic rings. The molecule has 1 heterocycles. The van der Waals surface area contributed by atoms with E-state index in [1.165, 1.54) is 12.4 Å². The number of nitrogens with zero attached hydrogens (tertiary/aromatic N) is 2. The van der Waals surface area contributed by atoms with E-state index in [0.717, 1.165) is 0 Å². The molecule has 0 bridgehead atoms. The Morgan fingerprint density at radius 1 is 1.06 bits per heavy atom. The summed E-state index contributed by atoms with van der Waals surface area (Å²) >= 11 is 11.5. The maximum absolute atomic E-state index is 5.81. The predicted molar refractivity (Wildman–Crippen MR) is 63.0 cm³/mol. The van der Waals surface area contributed by atoms with Crippen molar-refractivity contribution in [3.8, 4) is 11.8 Å². The van der Waals surface area contributed by atoms with E-state index < -0.39 is 0 Å². The van der Waals surface area contributed by atoms with E-state index in [1.54, 1.807) is 18.2 Å². The molecule has 0 unspecified atom stereocenters. The van der Waals surface area contributed by atoms with E-state index in [0.29, 0.717) is 21.5 Å². The van der Waals surface area contributed by atoms with Gasteiger partial charge in [-0.25, -0.2) is 9.97 Å². The molecular weight excluding hydrogens is 249 g/mol. The highest BCUT2D eigenvalue weighted by Crippen LogP contribution is 2.28. The summed E-state index contributed by atoms with van der Waals surface area (Å²) in [7, 11) is 0. The molecular formula is C10H7Cl2N3O. The molecule has 0 saturated carbocycles. The average molecular weight is 256 g/mol. The van der Waals surface area contributed by atoms with Crippen LogP contribution in [0.3, 0.4) is 0 Å². The van der Waals surface area contributed by atoms with Gasteiger partial charge in [-0.05, 0) is 12.1 Å². The van der Waals surface area contributed by atoms with Gasteiger partial charge >= 0.3 is 6.01 Å². The Bertz CT molecular complexity index is 502. The molecule has 0 aliphatic carbocycles. The number of hydrogen-bond donors (Lipinski definition) is 1. The molecule has 4 nitrogen and oxygen atoms in total. The summed E-state index contributed by atoms with van der Waals surface area (Å²) in [6, 6.07) is 5.08. The van der Waals surface area contributed by atoms with E-state index in [4.69, 9.17) is 33.7 Å². The fourth-order valence-electron chi connectivity index (χ4n) is 1.05. The van der Waals surface area contributed by atoms with Crippen molar-refractivity contribution in [3.05, 3.63) is 40.6 Å². The van der Waals surface area contributed by atoms with Crippen LogP contribution in [-0.2, 0) is 0 Å². The van der Waals surface area contributed by atoms with Crippen molar-refractivity contribution < 1.29 is 4.74 Å². The van der Waals surface area contributed by atoms with Crippen molar-refractivity contribution in [2.75, 3.05) is 5.73 Å². The van der Waals surface area contributed by atoms with Gasteiger partial charge in [-0.2, -0.15) is 0 Å². The zero-order valence-corrected chi connectivity index (χ0v) is 9.53. The van der Waals surface area contributed by atoms with Crippen molar-refractivity contribution in [1.29, 1.82) is 0 Å². The van der Waals surface area contributed by atoms with Crippen LogP contribution in [0.25, 0.3) is 0 Å². The molecule has 0 aliphatic heterocycles. The Morgan fingerprint density at radius 2 is 1.75 bits per heavy atom. The first-order valence-corrected chi connectivity index (χ1v) is 5.11. The normalized spacial score (nSPS) is 10.1. The summed E-state index contributed by atoms with van der Waals surface area (Å²) in [4.78, 5) is 7.76. The first kappa shape index (κ1) is 11.0. The largest absolute Gasteiger partial charge is 0.422 e. The maximum atomic E-state index is 5.81. The topological polar surface area (TPSA) is 61.0 Å². The van der Waals surface area contributed by atoms with Crippen molar-refractivity contribution in [2.24, 2.45) is 0 Å². The summed E-state index contributed by atoms with van der Waals surface area (Å²) in [5, 5.41) is 0.963. The number of nitrogen functional groups attached to an aromatic ring is 1. The third-order valence-corrected chi connectivity index (χ3v) is 2.20. The first-order chi connectivity index (χ1) is 7.65. The Labute approximate surface area is 102 Å². The quantitative estimate of drug-likeness (QED) is 0.838. The van der Waals surface area contributed by atoms with Crippen LogP contribution in [0.2, 0.25) is 10.0 Å². The summed E-state index contributed by atoms with van der Waals surface area (Å²) in [5.74, 6) is 0.412. The number of ether oxygens (including phenoxy) is 1. The summed E-state index contributed by atoms with van der Waals surface area (Å²) < 4.78 is 5.35. The predicted octanol–water partition coefficient (Wildman–Crippen LogP) is 3.16. The molecule has 0 saturated heterocycles. The smallest absolute Gasteiger partial charge is 0.322 e. The molecule has 2 rings (SSSR count). The molecule has 6 heteroatoms. The number of halogens is 2. The molecule has 0 spiro atoms. The van der Waals surface area contributed by atoms with Crippen LogP contribution in [0, 0.1) is 0 Å². The summed E-state index contributed by atoms with van der Waals surface area (Å²) in [5.41, 5.74) is 6.16. The summed E-state index contributed by atoms with van der Waals surface area (Å²) in [6.07, 6.45) is 2.87. The van der Waals surface area contributed by atoms with Gasteiger partial charge in [-0.3, -0.25) is 0 Å². The van der Waals surface area contributed by atoms with Gasteiger partial charge in [0.1, 0.15) is 0 Å². The lowest BCUT2D eigenvalue weighted by molar-refractivity contribution is 0.444. The van der Waals surface area contributed by atoms with Crippen molar-refractivity contribution >= 4 is 28.9 Å². The Morgan fingerprint density at radius 3 is 2.44 bits per heavy atom. The zero-order chi connectivity index (χ0) is 11.5. The monoisotopic (exact) mass is 255 g/mol. The Kier molecular flexibility index (Phi) is 3.12. The second kappa shape index (κ2) is 4.55. The highest BCUT2D eigenvalue weighted by molar-refractivity contribution is 6.31. The second-order valence-electron chi connectivity index (χ2n) is 2.97. The van der Waals surface area contributed by atoms with Gasteiger partial charge in [0.05, 0.1) is 23.1 Å². The van der Waals surface area contributed by atoms with Gasteiger partial charge in [0.2, 0.25) is 0 Å². The van der Waals surface area contributed by atoms with Crippen LogP contribution in [0.5, 0.6) is 11.8 Å². The van der Waals surface area contributed by atoms with Crippen molar-refractivity contribution in [3.63, 3.8) is 0 Å². The molecule has 0 fully saturated rings. The van der Waals surface area contributed by atoms with Crippen LogP contribution in [0.4, 0.5) is 5.69 Å². The van der Waals surface area contributed by atoms with E-state index in [-0.39, 0.29) is 6.01 Å². The second-order valence-corrected chi connectivity index (χ2v) is 3.84. The number of rotatable bonds is 2. The van der Waals surface area contributed by atoms with Crippen molar-refractivity contribution in [2.45, 2.75) is 0 Å². The van der Waals surface area contributed by atoms with Crippen molar-refractivity contribution in [1.82, 2.24) is 9.97 Å². The summed E-state index contributed by atoms with van der Waals surface area (Å²) in [6.45, 7) is 0. The number of anilines is 1. The van der Waals surface area contributed by atoms with Gasteiger partial charge in [0.25, 0.3) is 0 Å². The molecule has 0 atom stereocenters. The van der Waals surface area contributed by atoms with Crippen LogP contribution in [0.15, 0.2) is 30.6 Å². The maximum Gasteiger partial charge on any atom is 0.322 e. The lowest BCUT2D eigenvalue weighted by atomic mass is 10.3. The third kappa shape index (κ3) is 2.53. The molecule has 0 aliphatic rings. The third-order valence-electron chi connectivity index (χ3n) is 1.77. The minimum Gasteiger partial charge on any atom is -0.422 e. The minimum absolute atomic E-state index is 0.165. The van der Waals surface area contributed by atoms with Crippen LogP contribution in [0.1, 0.15) is 0 Å². The average Bonchev–Trinajstić information content (AvgIpc) is 2.27. The Balaban J connectivity index is 2.26. The lowest BCUT2D eigenvalue weighted by Gasteiger charge is -2.06. The van der Waals surface area contributed by atoms with Gasteiger partial charge in [0, 0.05) is 11.1 Å². The highest BCUT2D eigenvalue weighted by Gasteiger charge is 2.05. The molecule has 2 N–H and O–H groups in total. The molecule has 0 radical (unpaired) electrons. The van der Waals surface area contributed by atoms with Gasteiger partial charge in [-0.1, -0.05) is 23.2 Å². The lowest BCUT2D eigenvalue weighted by Crippen LogP contribution is -1.95. The molecule has 82 valence electrons. The number of benzene rings is 1. The zero-order valence-electron chi connectivity index (χ0n) is 8.02. The van der Waals surface area contributed by atoms with Gasteiger partial charge in [-0.15, -0.1) is 0 Å². The van der Waals surface area contributed by atoms with E-state index in [1.807, 2.05) is 0 Å². The molecule has 1 aromatic heterocycles. The van der Waals surface area contributed by atoms with Crippen LogP contribution in [-0.4, -0.2) is 9.97 Å². The van der Waals surface area contributed by atoms with E-state index in [2.05, 4.69) is 9.97 Å². The Hall–Kier alpha value is -1.52. The minimum atomic E-state index is 0.165. The standard InChI is InChI=1S/C10H7Cl2N3O/c11-6-1-2-8(13)9(3-6)16-10-14-4-7(12)5-15-10/h1-5H,13H2. The highest BCUT2D eigenvalue weighted by atomic mass is 35.5. The SMILES string of the molecule is Nc1ccc(Cl)cc1Oc1ncc(Cl)cn1. The van der Waals surface area contributed by atoms with Gasteiger partial charge in [0.15, 0.2) is 5.75 Å².